The van der Waals surface area contributed by atoms with Crippen LogP contribution in [0.2, 0.25) is 0 Å². The van der Waals surface area contributed by atoms with Gasteiger partial charge in [-0.05, 0) is 63.6 Å². The van der Waals surface area contributed by atoms with Crippen LogP contribution in [0, 0.1) is 5.82 Å². The molecule has 4 rings (SSSR count). The number of rotatable bonds is 8. The van der Waals surface area contributed by atoms with Gasteiger partial charge in [-0.15, -0.1) is 5.10 Å². The number of fused-ring (bicyclic) bond motifs is 1. The standard InChI is InChI=1S/C29H29FN4O6/c1-5-38-24(35)16-19-9-6-7-11-23(19)39-27(36)25-22-10-8-14-34(22)33-26(32-25)20-15-18(12-13-21(20)30)17-31-28(37)40-29(2,3)4/h6-15H,5,16-17H2,1-4H3,(H,31,37). The average Bonchev–Trinajstić information content (AvgIpc) is 3.37. The summed E-state index contributed by atoms with van der Waals surface area (Å²) in [6.45, 7) is 7.25. The largest absolute Gasteiger partial charge is 0.466 e. The molecule has 1 amide bonds. The number of benzene rings is 2. The average molecular weight is 549 g/mol. The second-order valence-corrected chi connectivity index (χ2v) is 9.77. The maximum Gasteiger partial charge on any atom is 0.407 e. The quantitative estimate of drug-likeness (QED) is 0.244. The molecule has 0 unspecified atom stereocenters. The number of halogens is 1. The fourth-order valence-electron chi connectivity index (χ4n) is 3.81. The molecular weight excluding hydrogens is 519 g/mol. The lowest BCUT2D eigenvalue weighted by molar-refractivity contribution is -0.142. The van der Waals surface area contributed by atoms with Gasteiger partial charge in [0, 0.05) is 18.3 Å². The number of carbonyl (C=O) groups excluding carboxylic acids is 3. The predicted octanol–water partition coefficient (Wildman–Crippen LogP) is 4.88. The number of alkyl carbamates (subject to hydrolysis) is 1. The Kier molecular flexibility index (Phi) is 8.42. The van der Waals surface area contributed by atoms with Crippen molar-refractivity contribution in [1.82, 2.24) is 19.9 Å². The molecule has 10 nitrogen and oxygen atoms in total. The van der Waals surface area contributed by atoms with Crippen molar-refractivity contribution >= 4 is 23.5 Å². The molecule has 0 bridgehead atoms. The van der Waals surface area contributed by atoms with Gasteiger partial charge in [-0.1, -0.05) is 24.3 Å². The Balaban J connectivity index is 1.63. The molecule has 0 atom stereocenters. The van der Waals surface area contributed by atoms with Crippen LogP contribution >= 0.6 is 0 Å². The van der Waals surface area contributed by atoms with E-state index in [0.717, 1.165) is 0 Å². The molecule has 2 aromatic carbocycles. The third-order valence-corrected chi connectivity index (χ3v) is 5.51. The summed E-state index contributed by atoms with van der Waals surface area (Å²) in [5, 5.41) is 6.99. The highest BCUT2D eigenvalue weighted by Gasteiger charge is 2.22. The van der Waals surface area contributed by atoms with Crippen LogP contribution in [0.25, 0.3) is 16.9 Å². The molecule has 0 spiro atoms. The molecule has 0 aliphatic carbocycles. The van der Waals surface area contributed by atoms with E-state index in [0.29, 0.717) is 16.6 Å². The van der Waals surface area contributed by atoms with Crippen LogP contribution < -0.4 is 10.1 Å². The molecule has 0 aliphatic rings. The van der Waals surface area contributed by atoms with E-state index in [1.54, 1.807) is 70.3 Å². The summed E-state index contributed by atoms with van der Waals surface area (Å²) in [6, 6.07) is 14.1. The van der Waals surface area contributed by atoms with E-state index < -0.39 is 29.5 Å². The van der Waals surface area contributed by atoms with Gasteiger partial charge in [0.1, 0.15) is 17.2 Å². The molecule has 40 heavy (non-hydrogen) atoms. The number of ether oxygens (including phenoxy) is 3. The summed E-state index contributed by atoms with van der Waals surface area (Å²) < 4.78 is 32.2. The first-order valence-electron chi connectivity index (χ1n) is 12.6. The number of nitrogens with one attached hydrogen (secondary N) is 1. The summed E-state index contributed by atoms with van der Waals surface area (Å²) in [7, 11) is 0. The Bertz CT molecular complexity index is 1560. The number of hydrogen-bond acceptors (Lipinski definition) is 8. The minimum Gasteiger partial charge on any atom is -0.466 e. The molecule has 0 saturated heterocycles. The predicted molar refractivity (Wildman–Crippen MR) is 143 cm³/mol. The highest BCUT2D eigenvalue weighted by atomic mass is 19.1. The first-order valence-corrected chi connectivity index (χ1v) is 12.6. The molecule has 0 aliphatic heterocycles. The number of amides is 1. The van der Waals surface area contributed by atoms with E-state index >= 15 is 0 Å². The van der Waals surface area contributed by atoms with Gasteiger partial charge in [0.2, 0.25) is 0 Å². The first-order chi connectivity index (χ1) is 19.0. The summed E-state index contributed by atoms with van der Waals surface area (Å²) in [4.78, 5) is 41.7. The molecule has 2 aromatic heterocycles. The van der Waals surface area contributed by atoms with Crippen molar-refractivity contribution in [1.29, 1.82) is 0 Å². The number of hydrogen-bond donors (Lipinski definition) is 1. The van der Waals surface area contributed by atoms with Gasteiger partial charge in [-0.2, -0.15) is 0 Å². The third-order valence-electron chi connectivity index (χ3n) is 5.51. The number of carbonyl (C=O) groups is 3. The Morgan fingerprint density at radius 3 is 2.58 bits per heavy atom. The van der Waals surface area contributed by atoms with Gasteiger partial charge in [0.25, 0.3) is 0 Å². The van der Waals surface area contributed by atoms with E-state index in [9.17, 15) is 18.8 Å². The summed E-state index contributed by atoms with van der Waals surface area (Å²) >= 11 is 0. The normalized spacial score (nSPS) is 11.2. The summed E-state index contributed by atoms with van der Waals surface area (Å²) in [6.07, 6.45) is 0.900. The number of para-hydroxylation sites is 1. The first kappa shape index (κ1) is 28.2. The zero-order valence-electron chi connectivity index (χ0n) is 22.6. The lowest BCUT2D eigenvalue weighted by Gasteiger charge is -2.19. The van der Waals surface area contributed by atoms with Gasteiger partial charge >= 0.3 is 18.0 Å². The van der Waals surface area contributed by atoms with Crippen LogP contribution in [-0.2, 0) is 27.2 Å². The lowest BCUT2D eigenvalue weighted by Crippen LogP contribution is -2.32. The molecule has 208 valence electrons. The smallest absolute Gasteiger partial charge is 0.407 e. The van der Waals surface area contributed by atoms with Crippen molar-refractivity contribution in [2.75, 3.05) is 6.61 Å². The van der Waals surface area contributed by atoms with Crippen LogP contribution in [0.3, 0.4) is 0 Å². The van der Waals surface area contributed by atoms with Crippen molar-refractivity contribution < 1.29 is 33.0 Å². The maximum absolute atomic E-state index is 15.0. The van der Waals surface area contributed by atoms with Crippen molar-refractivity contribution in [3.63, 3.8) is 0 Å². The fraction of sp³-hybridized carbons (Fsp3) is 0.276. The Labute approximate surface area is 230 Å². The van der Waals surface area contributed by atoms with Crippen LogP contribution in [0.1, 0.15) is 49.3 Å². The third kappa shape index (κ3) is 6.99. The van der Waals surface area contributed by atoms with Crippen LogP contribution in [0.5, 0.6) is 5.75 Å². The zero-order chi connectivity index (χ0) is 28.9. The lowest BCUT2D eigenvalue weighted by atomic mass is 10.1. The van der Waals surface area contributed by atoms with Gasteiger partial charge < -0.3 is 19.5 Å². The van der Waals surface area contributed by atoms with E-state index in [2.05, 4.69) is 15.4 Å². The van der Waals surface area contributed by atoms with E-state index in [1.807, 2.05) is 0 Å². The molecule has 4 aromatic rings. The zero-order valence-corrected chi connectivity index (χ0v) is 22.6. The van der Waals surface area contributed by atoms with Gasteiger partial charge in [-0.3, -0.25) is 4.79 Å². The molecule has 2 heterocycles. The van der Waals surface area contributed by atoms with Crippen molar-refractivity contribution in [3.8, 4) is 17.1 Å². The fourth-order valence-corrected chi connectivity index (χ4v) is 3.81. The number of nitrogens with zero attached hydrogens (tertiary/aromatic N) is 3. The van der Waals surface area contributed by atoms with Crippen molar-refractivity contribution in [3.05, 3.63) is 83.4 Å². The SMILES string of the molecule is CCOC(=O)Cc1ccccc1OC(=O)c1nc(-c2cc(CNC(=O)OC(C)(C)C)ccc2F)nn2cccc12. The highest BCUT2D eigenvalue weighted by molar-refractivity contribution is 5.96. The Morgan fingerprint density at radius 1 is 1.05 bits per heavy atom. The second kappa shape index (κ2) is 11.9. The van der Waals surface area contributed by atoms with E-state index in [4.69, 9.17) is 14.2 Å². The minimum atomic E-state index is -0.813. The molecule has 0 radical (unpaired) electrons. The van der Waals surface area contributed by atoms with Crippen molar-refractivity contribution in [2.45, 2.75) is 46.3 Å². The molecule has 0 saturated carbocycles. The molecule has 0 fully saturated rings. The monoisotopic (exact) mass is 548 g/mol. The van der Waals surface area contributed by atoms with Gasteiger partial charge in [0.15, 0.2) is 11.5 Å². The van der Waals surface area contributed by atoms with Crippen LogP contribution in [-0.4, -0.2) is 44.8 Å². The summed E-state index contributed by atoms with van der Waals surface area (Å²) in [5.74, 6) is -1.78. The number of esters is 2. The molecule has 1 N–H and O–H groups in total. The number of aromatic nitrogens is 3. The highest BCUT2D eigenvalue weighted by Crippen LogP contribution is 2.25. The Hall–Kier alpha value is -4.80. The van der Waals surface area contributed by atoms with Crippen LogP contribution in [0.15, 0.2) is 60.8 Å². The van der Waals surface area contributed by atoms with Gasteiger partial charge in [-0.25, -0.2) is 23.5 Å². The topological polar surface area (TPSA) is 121 Å². The van der Waals surface area contributed by atoms with E-state index in [-0.39, 0.29) is 42.4 Å². The van der Waals surface area contributed by atoms with Crippen LogP contribution in [0.4, 0.5) is 9.18 Å². The van der Waals surface area contributed by atoms with E-state index in [1.165, 1.54) is 22.7 Å². The molecular formula is C29H29FN4O6. The minimum absolute atomic E-state index is 0.0239. The van der Waals surface area contributed by atoms with Crippen molar-refractivity contribution in [2.24, 2.45) is 0 Å². The second-order valence-electron chi connectivity index (χ2n) is 9.77. The maximum atomic E-state index is 15.0. The molecule has 11 heteroatoms. The Morgan fingerprint density at radius 2 is 1.82 bits per heavy atom. The summed E-state index contributed by atoms with van der Waals surface area (Å²) in [5.41, 5.74) is 0.637. The van der Waals surface area contributed by atoms with Gasteiger partial charge in [0.05, 0.1) is 24.1 Å².